The van der Waals surface area contributed by atoms with Gasteiger partial charge in [0.05, 0.1) is 0 Å². The normalized spacial score (nSPS) is 13.8. The molecule has 0 fully saturated rings. The van der Waals surface area contributed by atoms with Crippen molar-refractivity contribution in [2.75, 3.05) is 0 Å². The van der Waals surface area contributed by atoms with Crippen molar-refractivity contribution in [2.24, 2.45) is 5.73 Å². The minimum absolute atomic E-state index is 0.164. The second-order valence-corrected chi connectivity index (χ2v) is 3.62. The molecule has 1 aromatic carbocycles. The van der Waals surface area contributed by atoms with Gasteiger partial charge in [-0.15, -0.1) is 0 Å². The quantitative estimate of drug-likeness (QED) is 0.554. The molecular weight excluding hydrogens is 228 g/mol. The van der Waals surface area contributed by atoms with Gasteiger partial charge in [-0.1, -0.05) is 30.3 Å². The molecule has 5 nitrogen and oxygen atoms in total. The summed E-state index contributed by atoms with van der Waals surface area (Å²) >= 11 is 4.55. The molecule has 2 atom stereocenters. The first kappa shape index (κ1) is 12.4. The Morgan fingerprint density at radius 3 is 2.38 bits per heavy atom. The smallest absolute Gasteiger partial charge is 0.329 e. The van der Waals surface area contributed by atoms with Crippen molar-refractivity contribution in [3.8, 4) is 0 Å². The number of hydrogen-bond acceptors (Lipinski definition) is 3. The van der Waals surface area contributed by atoms with Gasteiger partial charge < -0.3 is 21.3 Å². The third-order valence-electron chi connectivity index (χ3n) is 2.02. The monoisotopic (exact) mass is 240 g/mol. The fourth-order valence-electron chi connectivity index (χ4n) is 1.27. The minimum Gasteiger partial charge on any atom is -0.480 e. The van der Waals surface area contributed by atoms with Gasteiger partial charge >= 0.3 is 5.97 Å². The number of carboxylic acids is 1. The van der Waals surface area contributed by atoms with Crippen LogP contribution in [0.3, 0.4) is 0 Å². The molecule has 0 unspecified atom stereocenters. The molecule has 16 heavy (non-hydrogen) atoms. The van der Waals surface area contributed by atoms with E-state index in [0.717, 1.165) is 0 Å². The fourth-order valence-corrected chi connectivity index (χ4v) is 1.40. The van der Waals surface area contributed by atoms with Gasteiger partial charge in [0.25, 0.3) is 0 Å². The minimum atomic E-state index is -1.25. The van der Waals surface area contributed by atoms with Crippen molar-refractivity contribution >= 4 is 23.3 Å². The summed E-state index contributed by atoms with van der Waals surface area (Å²) in [6, 6.07) is 7.19. The number of hydrogen-bond donors (Lipinski definition) is 4. The highest BCUT2D eigenvalue weighted by atomic mass is 32.1. The lowest BCUT2D eigenvalue weighted by molar-refractivity contribution is -0.142. The Hall–Kier alpha value is -1.66. The molecule has 1 rings (SSSR count). The number of aliphatic hydroxyl groups is 1. The summed E-state index contributed by atoms with van der Waals surface area (Å²) in [6.45, 7) is 0. The van der Waals surface area contributed by atoms with E-state index in [1.54, 1.807) is 30.3 Å². The van der Waals surface area contributed by atoms with Gasteiger partial charge in [-0.25, -0.2) is 4.79 Å². The predicted molar refractivity (Wildman–Crippen MR) is 62.7 cm³/mol. The average molecular weight is 240 g/mol. The van der Waals surface area contributed by atoms with Crippen LogP contribution in [-0.2, 0) is 4.79 Å². The van der Waals surface area contributed by atoms with E-state index in [9.17, 15) is 9.90 Å². The van der Waals surface area contributed by atoms with Crippen molar-refractivity contribution in [3.05, 3.63) is 35.9 Å². The molecule has 0 spiro atoms. The summed E-state index contributed by atoms with van der Waals surface area (Å²) < 4.78 is 0. The molecule has 5 N–H and O–H groups in total. The van der Waals surface area contributed by atoms with Crippen LogP contribution >= 0.6 is 12.2 Å². The van der Waals surface area contributed by atoms with Crippen LogP contribution in [0.15, 0.2) is 30.3 Å². The summed E-state index contributed by atoms with van der Waals surface area (Å²) in [7, 11) is 0. The number of carboxylic acid groups (broad SMARTS) is 1. The summed E-state index contributed by atoms with van der Waals surface area (Å²) in [5.41, 5.74) is 5.68. The van der Waals surface area contributed by atoms with Gasteiger partial charge in [0, 0.05) is 0 Å². The third kappa shape index (κ3) is 3.18. The summed E-state index contributed by atoms with van der Waals surface area (Å²) in [6.07, 6.45) is -1.21. The number of thiocarbonyl (C=S) groups is 1. The molecule has 0 aromatic heterocycles. The van der Waals surface area contributed by atoms with Crippen molar-refractivity contribution in [2.45, 2.75) is 12.1 Å². The first-order valence-electron chi connectivity index (χ1n) is 4.54. The van der Waals surface area contributed by atoms with E-state index in [1.807, 2.05) is 0 Å². The number of aliphatic hydroxyl groups excluding tert-OH is 1. The van der Waals surface area contributed by atoms with Gasteiger partial charge in [-0.05, 0) is 17.8 Å². The molecule has 0 saturated heterocycles. The maximum absolute atomic E-state index is 10.9. The Balaban J connectivity index is 2.87. The lowest BCUT2D eigenvalue weighted by Crippen LogP contribution is -2.47. The Bertz CT molecular complexity index is 383. The number of aliphatic carboxylic acids is 1. The van der Waals surface area contributed by atoms with Crippen LogP contribution in [0.25, 0.3) is 0 Å². The number of nitrogens with two attached hydrogens (primary N) is 1. The van der Waals surface area contributed by atoms with Crippen molar-refractivity contribution in [3.63, 3.8) is 0 Å². The molecule has 0 aliphatic heterocycles. The molecule has 1 aromatic rings. The standard InChI is InChI=1S/C10H12N2O3S/c11-10(16)12-7(9(14)15)8(13)6-4-2-1-3-5-6/h1-5,7-8,13H,(H,14,15)(H3,11,12,16)/t7-,8-/m0/s1. The van der Waals surface area contributed by atoms with Crippen LogP contribution in [0.1, 0.15) is 11.7 Å². The van der Waals surface area contributed by atoms with E-state index in [0.29, 0.717) is 5.56 Å². The lowest BCUT2D eigenvalue weighted by atomic mass is 10.0. The van der Waals surface area contributed by atoms with E-state index in [-0.39, 0.29) is 5.11 Å². The van der Waals surface area contributed by atoms with E-state index in [1.165, 1.54) is 0 Å². The maximum Gasteiger partial charge on any atom is 0.329 e. The zero-order valence-corrected chi connectivity index (χ0v) is 9.15. The second-order valence-electron chi connectivity index (χ2n) is 3.18. The third-order valence-corrected chi connectivity index (χ3v) is 2.14. The number of benzene rings is 1. The zero-order chi connectivity index (χ0) is 12.1. The Morgan fingerprint density at radius 1 is 1.38 bits per heavy atom. The average Bonchev–Trinajstić information content (AvgIpc) is 2.25. The van der Waals surface area contributed by atoms with Crippen LogP contribution in [0, 0.1) is 0 Å². The van der Waals surface area contributed by atoms with Crippen molar-refractivity contribution < 1.29 is 15.0 Å². The largest absolute Gasteiger partial charge is 0.480 e. The predicted octanol–water partition coefficient (Wildman–Crippen LogP) is 0.00640. The van der Waals surface area contributed by atoms with Crippen LogP contribution in [-0.4, -0.2) is 27.3 Å². The van der Waals surface area contributed by atoms with Gasteiger partial charge in [0.1, 0.15) is 6.10 Å². The first-order valence-corrected chi connectivity index (χ1v) is 4.95. The molecule has 0 aliphatic rings. The Labute approximate surface area is 97.9 Å². The Morgan fingerprint density at radius 2 is 1.94 bits per heavy atom. The fraction of sp³-hybridized carbons (Fsp3) is 0.200. The summed E-state index contributed by atoms with van der Waals surface area (Å²) in [5, 5.41) is 20.9. The van der Waals surface area contributed by atoms with Crippen LogP contribution < -0.4 is 11.1 Å². The van der Waals surface area contributed by atoms with E-state index in [2.05, 4.69) is 17.5 Å². The molecule has 0 saturated carbocycles. The van der Waals surface area contributed by atoms with Crippen LogP contribution in [0.5, 0.6) is 0 Å². The second kappa shape index (κ2) is 5.43. The zero-order valence-electron chi connectivity index (χ0n) is 8.33. The lowest BCUT2D eigenvalue weighted by Gasteiger charge is -2.20. The van der Waals surface area contributed by atoms with E-state index >= 15 is 0 Å². The molecular formula is C10H12N2O3S. The number of nitrogens with one attached hydrogen (secondary N) is 1. The van der Waals surface area contributed by atoms with Gasteiger partial charge in [-0.3, -0.25) is 0 Å². The maximum atomic E-state index is 10.9. The SMILES string of the molecule is NC(=S)N[C@H](C(=O)O)[C@@H](O)c1ccccc1. The molecule has 0 aliphatic carbocycles. The van der Waals surface area contributed by atoms with Gasteiger partial charge in [-0.2, -0.15) is 0 Å². The Kier molecular flexibility index (Phi) is 4.21. The highest BCUT2D eigenvalue weighted by Crippen LogP contribution is 2.16. The summed E-state index contributed by atoms with van der Waals surface area (Å²) in [5.74, 6) is -1.22. The number of rotatable bonds is 4. The first-order chi connectivity index (χ1) is 7.52. The summed E-state index contributed by atoms with van der Waals surface area (Å²) in [4.78, 5) is 10.9. The topological polar surface area (TPSA) is 95.6 Å². The molecule has 0 radical (unpaired) electrons. The van der Waals surface area contributed by atoms with Crippen LogP contribution in [0.2, 0.25) is 0 Å². The van der Waals surface area contributed by atoms with Crippen molar-refractivity contribution in [1.82, 2.24) is 5.32 Å². The van der Waals surface area contributed by atoms with Crippen LogP contribution in [0.4, 0.5) is 0 Å². The number of carbonyl (C=O) groups is 1. The molecule has 86 valence electrons. The molecule has 0 amide bonds. The van der Waals surface area contributed by atoms with Gasteiger partial charge in [0.15, 0.2) is 11.2 Å². The van der Waals surface area contributed by atoms with E-state index < -0.39 is 18.1 Å². The highest BCUT2D eigenvalue weighted by Gasteiger charge is 2.27. The van der Waals surface area contributed by atoms with Gasteiger partial charge in [0.2, 0.25) is 0 Å². The highest BCUT2D eigenvalue weighted by molar-refractivity contribution is 7.80. The van der Waals surface area contributed by atoms with E-state index in [4.69, 9.17) is 10.8 Å². The molecule has 6 heteroatoms. The molecule has 0 bridgehead atoms. The molecule has 0 heterocycles. The van der Waals surface area contributed by atoms with Crippen molar-refractivity contribution in [1.29, 1.82) is 0 Å².